The molecule has 2 aromatic rings. The predicted octanol–water partition coefficient (Wildman–Crippen LogP) is 2.33. The van der Waals surface area contributed by atoms with E-state index in [0.29, 0.717) is 11.5 Å². The molecular formula is C21H25N2O5+. The van der Waals surface area contributed by atoms with Crippen molar-refractivity contribution in [1.29, 1.82) is 0 Å². The van der Waals surface area contributed by atoms with Crippen LogP contribution >= 0.6 is 0 Å². The molecule has 0 radical (unpaired) electrons. The zero-order valence-corrected chi connectivity index (χ0v) is 16.1. The standard InChI is InChI=1S/C21H24N2O5/c1-26-18-11-16-17(12-19(18)27-2)21(6-8-28-9-7-21)13-22-20(16)14-4-3-5-15(10-14)23(24)25/h3-5,10-12,20,22H,6-9,13H2,1-2H3/p+1/t20-/m1/s1. The minimum absolute atomic E-state index is 0.0182. The Morgan fingerprint density at radius 3 is 2.54 bits per heavy atom. The Labute approximate surface area is 163 Å². The summed E-state index contributed by atoms with van der Waals surface area (Å²) >= 11 is 0. The third-order valence-corrected chi connectivity index (χ3v) is 6.10. The summed E-state index contributed by atoms with van der Waals surface area (Å²) in [6, 6.07) is 11.0. The number of ether oxygens (including phenoxy) is 3. The van der Waals surface area contributed by atoms with Gasteiger partial charge in [0.2, 0.25) is 0 Å². The lowest BCUT2D eigenvalue weighted by Gasteiger charge is -2.42. The second kappa shape index (κ2) is 7.41. The van der Waals surface area contributed by atoms with E-state index in [4.69, 9.17) is 14.2 Å². The van der Waals surface area contributed by atoms with Crippen LogP contribution in [0.5, 0.6) is 11.5 Å². The molecule has 0 bridgehead atoms. The molecule has 0 aromatic heterocycles. The number of quaternary nitrogens is 1. The highest BCUT2D eigenvalue weighted by Crippen LogP contribution is 2.45. The quantitative estimate of drug-likeness (QED) is 0.645. The summed E-state index contributed by atoms with van der Waals surface area (Å²) in [5.74, 6) is 1.39. The Morgan fingerprint density at radius 2 is 1.86 bits per heavy atom. The van der Waals surface area contributed by atoms with Crippen molar-refractivity contribution in [3.05, 3.63) is 63.2 Å². The van der Waals surface area contributed by atoms with Crippen LogP contribution in [-0.4, -0.2) is 38.9 Å². The number of nitro groups is 1. The first kappa shape index (κ1) is 18.7. The largest absolute Gasteiger partial charge is 0.493 e. The van der Waals surface area contributed by atoms with Crippen molar-refractivity contribution in [1.82, 2.24) is 0 Å². The Kier molecular flexibility index (Phi) is 4.95. The molecule has 1 saturated heterocycles. The minimum atomic E-state index is -0.345. The van der Waals surface area contributed by atoms with Crippen molar-refractivity contribution < 1.29 is 24.5 Å². The minimum Gasteiger partial charge on any atom is -0.493 e. The smallest absolute Gasteiger partial charge is 0.269 e. The van der Waals surface area contributed by atoms with Gasteiger partial charge in [-0.25, -0.2) is 0 Å². The number of nitrogens with zero attached hydrogens (tertiary/aromatic N) is 1. The molecule has 148 valence electrons. The lowest BCUT2D eigenvalue weighted by molar-refractivity contribution is -0.699. The van der Waals surface area contributed by atoms with E-state index in [-0.39, 0.29) is 22.1 Å². The van der Waals surface area contributed by atoms with Crippen LogP contribution in [0.15, 0.2) is 36.4 Å². The highest BCUT2D eigenvalue weighted by atomic mass is 16.6. The van der Waals surface area contributed by atoms with Crippen molar-refractivity contribution in [3.8, 4) is 11.5 Å². The van der Waals surface area contributed by atoms with Crippen molar-refractivity contribution >= 4 is 5.69 Å². The maximum absolute atomic E-state index is 11.3. The molecule has 2 aliphatic heterocycles. The summed E-state index contributed by atoms with van der Waals surface area (Å²) in [5.41, 5.74) is 3.42. The molecule has 7 nitrogen and oxygen atoms in total. The van der Waals surface area contributed by atoms with Gasteiger partial charge in [0.25, 0.3) is 5.69 Å². The normalized spacial score (nSPS) is 20.4. The number of methoxy groups -OCH3 is 2. The van der Waals surface area contributed by atoms with Gasteiger partial charge in [0.05, 0.1) is 25.7 Å². The van der Waals surface area contributed by atoms with Gasteiger partial charge < -0.3 is 19.5 Å². The average molecular weight is 385 g/mol. The van der Waals surface area contributed by atoms with Crippen molar-refractivity contribution in [3.63, 3.8) is 0 Å². The third kappa shape index (κ3) is 3.10. The topological polar surface area (TPSA) is 87.4 Å². The first-order chi connectivity index (χ1) is 13.6. The Bertz CT molecular complexity index is 892. The monoisotopic (exact) mass is 385 g/mol. The number of non-ortho nitro benzene ring substituents is 1. The first-order valence-electron chi connectivity index (χ1n) is 9.50. The SMILES string of the molecule is COc1cc2c(cc1OC)C1(CCOCC1)C[NH2+][C@@H]2c1cccc([N+](=O)[O-])c1. The zero-order chi connectivity index (χ0) is 19.7. The molecule has 1 spiro atoms. The third-order valence-electron chi connectivity index (χ3n) is 6.10. The number of nitrogens with two attached hydrogens (primary N) is 1. The molecular weight excluding hydrogens is 360 g/mol. The number of hydrogen-bond donors (Lipinski definition) is 1. The lowest BCUT2D eigenvalue weighted by Crippen LogP contribution is -2.91. The van der Waals surface area contributed by atoms with Crippen LogP contribution in [0.1, 0.15) is 35.6 Å². The molecule has 0 unspecified atom stereocenters. The van der Waals surface area contributed by atoms with Gasteiger partial charge in [0, 0.05) is 41.9 Å². The maximum atomic E-state index is 11.3. The van der Waals surface area contributed by atoms with Gasteiger partial charge in [-0.2, -0.15) is 0 Å². The molecule has 7 heteroatoms. The predicted molar refractivity (Wildman–Crippen MR) is 103 cm³/mol. The molecule has 2 N–H and O–H groups in total. The summed E-state index contributed by atoms with van der Waals surface area (Å²) in [6.45, 7) is 2.39. The van der Waals surface area contributed by atoms with E-state index in [1.54, 1.807) is 26.4 Å². The molecule has 2 aliphatic rings. The van der Waals surface area contributed by atoms with E-state index in [1.165, 1.54) is 11.6 Å². The molecule has 1 atom stereocenters. The average Bonchev–Trinajstić information content (AvgIpc) is 2.74. The number of hydrogen-bond acceptors (Lipinski definition) is 5. The van der Waals surface area contributed by atoms with E-state index < -0.39 is 0 Å². The summed E-state index contributed by atoms with van der Waals surface area (Å²) in [7, 11) is 3.28. The summed E-state index contributed by atoms with van der Waals surface area (Å²) in [4.78, 5) is 10.9. The van der Waals surface area contributed by atoms with Crippen LogP contribution in [0.4, 0.5) is 5.69 Å². The summed E-state index contributed by atoms with van der Waals surface area (Å²) < 4.78 is 16.7. The van der Waals surface area contributed by atoms with Crippen LogP contribution in [0.2, 0.25) is 0 Å². The summed E-state index contributed by atoms with van der Waals surface area (Å²) in [6.07, 6.45) is 1.90. The molecule has 0 amide bonds. The fraction of sp³-hybridized carbons (Fsp3) is 0.429. The van der Waals surface area contributed by atoms with Gasteiger partial charge in [-0.1, -0.05) is 12.1 Å². The lowest BCUT2D eigenvalue weighted by atomic mass is 9.68. The second-order valence-corrected chi connectivity index (χ2v) is 7.46. The van der Waals surface area contributed by atoms with Crippen LogP contribution in [-0.2, 0) is 10.2 Å². The van der Waals surface area contributed by atoms with E-state index in [0.717, 1.165) is 43.7 Å². The molecule has 2 aromatic carbocycles. The van der Waals surface area contributed by atoms with Gasteiger partial charge in [-0.05, 0) is 30.5 Å². The van der Waals surface area contributed by atoms with E-state index in [2.05, 4.69) is 11.4 Å². The fourth-order valence-corrected chi connectivity index (χ4v) is 4.57. The van der Waals surface area contributed by atoms with Gasteiger partial charge in [-0.15, -0.1) is 0 Å². The zero-order valence-electron chi connectivity index (χ0n) is 16.1. The van der Waals surface area contributed by atoms with E-state index in [1.807, 2.05) is 12.1 Å². The Morgan fingerprint density at radius 1 is 1.14 bits per heavy atom. The first-order valence-corrected chi connectivity index (χ1v) is 9.50. The van der Waals surface area contributed by atoms with Crippen molar-refractivity contribution in [2.75, 3.05) is 34.0 Å². The number of fused-ring (bicyclic) bond motifs is 2. The molecule has 28 heavy (non-hydrogen) atoms. The highest BCUT2D eigenvalue weighted by molar-refractivity contribution is 5.54. The number of rotatable bonds is 4. The maximum Gasteiger partial charge on any atom is 0.269 e. The second-order valence-electron chi connectivity index (χ2n) is 7.46. The fourth-order valence-electron chi connectivity index (χ4n) is 4.57. The van der Waals surface area contributed by atoms with Crippen molar-refractivity contribution in [2.45, 2.75) is 24.3 Å². The van der Waals surface area contributed by atoms with E-state index in [9.17, 15) is 10.1 Å². The molecule has 4 rings (SSSR count). The summed E-state index contributed by atoms with van der Waals surface area (Å²) in [5, 5.41) is 13.5. The molecule has 0 aliphatic carbocycles. The van der Waals surface area contributed by atoms with Gasteiger partial charge >= 0.3 is 0 Å². The Balaban J connectivity index is 1.86. The van der Waals surface area contributed by atoms with E-state index >= 15 is 0 Å². The van der Waals surface area contributed by atoms with Gasteiger partial charge in [0.15, 0.2) is 11.5 Å². The number of nitro benzene ring substituents is 1. The van der Waals surface area contributed by atoms with Crippen molar-refractivity contribution in [2.24, 2.45) is 0 Å². The molecule has 0 saturated carbocycles. The van der Waals surface area contributed by atoms with Crippen LogP contribution < -0.4 is 14.8 Å². The van der Waals surface area contributed by atoms with Crippen LogP contribution in [0, 0.1) is 10.1 Å². The van der Waals surface area contributed by atoms with Gasteiger partial charge in [-0.3, -0.25) is 10.1 Å². The Hall–Kier alpha value is -2.64. The van der Waals surface area contributed by atoms with Gasteiger partial charge in [0.1, 0.15) is 6.04 Å². The highest BCUT2D eigenvalue weighted by Gasteiger charge is 2.45. The number of benzene rings is 2. The van der Waals surface area contributed by atoms with Crippen LogP contribution in [0.3, 0.4) is 0 Å². The van der Waals surface area contributed by atoms with Crippen LogP contribution in [0.25, 0.3) is 0 Å². The molecule has 1 fully saturated rings. The molecule has 2 heterocycles.